The van der Waals surface area contributed by atoms with E-state index in [2.05, 4.69) is 4.99 Å². The van der Waals surface area contributed by atoms with Crippen LogP contribution in [0.15, 0.2) is 89.9 Å². The van der Waals surface area contributed by atoms with Gasteiger partial charge < -0.3 is 36.1 Å². The Morgan fingerprint density at radius 3 is 2.29 bits per heavy atom. The van der Waals surface area contributed by atoms with Crippen LogP contribution in [0.5, 0.6) is 11.5 Å². The number of phenolic OH excluding ortho intramolecular Hbond substituents is 1. The van der Waals surface area contributed by atoms with Crippen LogP contribution in [0, 0.1) is 5.92 Å². The fourth-order valence-electron chi connectivity index (χ4n) is 5.78. The van der Waals surface area contributed by atoms with Crippen molar-refractivity contribution in [3.05, 3.63) is 107 Å². The summed E-state index contributed by atoms with van der Waals surface area (Å²) in [5.74, 6) is -0.672. The second-order valence-corrected chi connectivity index (χ2v) is 12.8. The van der Waals surface area contributed by atoms with Gasteiger partial charge in [-0.3, -0.25) is 0 Å². The minimum atomic E-state index is -4.77. The number of ether oxygens (including phenoxy) is 1. The summed E-state index contributed by atoms with van der Waals surface area (Å²) in [6.45, 7) is 1.84. The third-order valence-corrected chi connectivity index (χ3v) is 9.41. The van der Waals surface area contributed by atoms with Crippen LogP contribution < -0.4 is 45.8 Å². The first kappa shape index (κ1) is 36.6. The van der Waals surface area contributed by atoms with Crippen LogP contribution in [0.1, 0.15) is 66.9 Å². The molecule has 3 aromatic rings. The molecule has 12 heteroatoms. The van der Waals surface area contributed by atoms with Gasteiger partial charge in [-0.2, -0.15) is 0 Å². The van der Waals surface area contributed by atoms with Crippen LogP contribution in [0.25, 0.3) is 0 Å². The third-order valence-electron chi connectivity index (χ3n) is 8.13. The monoisotopic (exact) mass is 645 g/mol. The summed E-state index contributed by atoms with van der Waals surface area (Å²) in [7, 11) is -4.77. The molecule has 7 rings (SSSR count). The number of nitrogens with zero attached hydrogens (tertiary/aromatic N) is 1. The Bertz CT molecular complexity index is 1540. The van der Waals surface area contributed by atoms with E-state index in [1.807, 2.05) is 19.1 Å². The molecule has 5 unspecified atom stereocenters. The van der Waals surface area contributed by atoms with Crippen LogP contribution in [0.2, 0.25) is 0 Å². The molecule has 0 aliphatic carbocycles. The topological polar surface area (TPSA) is 192 Å². The number of aliphatic hydroxyl groups is 2. The van der Waals surface area contributed by atoms with Crippen molar-refractivity contribution in [1.29, 1.82) is 0 Å². The van der Waals surface area contributed by atoms with E-state index in [0.29, 0.717) is 29.7 Å². The number of aliphatic imine (C=N–C) groups is 1. The van der Waals surface area contributed by atoms with E-state index in [1.54, 1.807) is 54.6 Å². The normalized spacial score (nSPS) is 22.5. The molecule has 0 amide bonds. The maximum absolute atomic E-state index is 12.8. The average Bonchev–Trinajstić information content (AvgIpc) is 2.99. The summed E-state index contributed by atoms with van der Waals surface area (Å²) >= 11 is 0. The van der Waals surface area contributed by atoms with Gasteiger partial charge in [0.25, 0.3) is 0 Å². The maximum Gasteiger partial charge on any atom is 1.00 e. The van der Waals surface area contributed by atoms with Gasteiger partial charge in [-0.05, 0) is 78.5 Å². The predicted octanol–water partition coefficient (Wildman–Crippen LogP) is 0.934. The number of rotatable bonds is 9. The first-order valence-electron chi connectivity index (χ1n) is 14.6. The minimum Gasteiger partial charge on any atom is -0.748 e. The van der Waals surface area contributed by atoms with Crippen molar-refractivity contribution in [1.82, 2.24) is 0 Å². The van der Waals surface area contributed by atoms with Crippen LogP contribution in [0.4, 0.5) is 0 Å². The van der Waals surface area contributed by atoms with E-state index >= 15 is 0 Å². The summed E-state index contributed by atoms with van der Waals surface area (Å²) in [4.78, 5) is 4.48. The Balaban J connectivity index is 0.00000552. The van der Waals surface area contributed by atoms with E-state index in [4.69, 9.17) is 16.2 Å². The number of benzene rings is 3. The van der Waals surface area contributed by atoms with Crippen molar-refractivity contribution in [2.75, 3.05) is 6.61 Å². The molecule has 0 radical (unpaired) electrons. The zero-order valence-electron chi connectivity index (χ0n) is 25.6. The Morgan fingerprint density at radius 1 is 1.09 bits per heavy atom. The Morgan fingerprint density at radius 2 is 1.73 bits per heavy atom. The van der Waals surface area contributed by atoms with E-state index in [1.165, 1.54) is 18.2 Å². The standard InChI is InChI=1S/C33H41N3O7S.Na/c1-2-23-21-31(44(40,41)42)26(10-17-30(39)25-6-13-28(38)14-7-25)20-22-4-11-27(12-5-22)33(18-3-19-37,36-32(34)35)43-29-15-8-24(23)9-16-29;/h4-17,23,26,30-31,37-39H,2-3,18-21H2,1H3,(H4,34,35,36)(H,40,41,42);/q;+1/p-1. The second kappa shape index (κ2) is 16.1. The van der Waals surface area contributed by atoms with Gasteiger partial charge in [-0.15, -0.1) is 0 Å². The van der Waals surface area contributed by atoms with Gasteiger partial charge in [0.1, 0.15) is 11.5 Å². The van der Waals surface area contributed by atoms with Gasteiger partial charge in [-0.25, -0.2) is 13.4 Å². The number of hydrogen-bond acceptors (Lipinski definition) is 8. The zero-order valence-corrected chi connectivity index (χ0v) is 28.4. The van der Waals surface area contributed by atoms with Crippen molar-refractivity contribution in [3.8, 4) is 11.5 Å². The number of nitrogens with two attached hydrogens (primary N) is 2. The SMILES string of the molecule is CCC1CC(S(=O)(=O)[O-])C(C=CC(O)c2ccc(O)cc2)Cc2ccc(cc2)C(CCCO)(N=C(N)N)Oc2ccc1cc2.[Na+]. The first-order valence-corrected chi connectivity index (χ1v) is 16.1. The summed E-state index contributed by atoms with van der Waals surface area (Å²) in [6.07, 6.45) is 3.51. The Labute approximate surface area is 286 Å². The molecule has 236 valence electrons. The smallest absolute Gasteiger partial charge is 0.748 e. The van der Waals surface area contributed by atoms with Crippen LogP contribution in [-0.4, -0.2) is 46.1 Å². The van der Waals surface area contributed by atoms with E-state index < -0.39 is 33.1 Å². The molecule has 4 aliphatic rings. The second-order valence-electron chi connectivity index (χ2n) is 11.2. The van der Waals surface area contributed by atoms with Crippen molar-refractivity contribution in [2.24, 2.45) is 22.4 Å². The molecule has 10 nitrogen and oxygen atoms in total. The third kappa shape index (κ3) is 9.55. The number of guanidine groups is 1. The van der Waals surface area contributed by atoms with Gasteiger partial charge in [0.15, 0.2) is 5.96 Å². The molecule has 4 bridgehead atoms. The fourth-order valence-corrected chi connectivity index (χ4v) is 6.86. The maximum atomic E-state index is 12.8. The molecule has 4 heterocycles. The zero-order chi connectivity index (χ0) is 31.9. The molecule has 0 spiro atoms. The van der Waals surface area contributed by atoms with Crippen molar-refractivity contribution in [3.63, 3.8) is 0 Å². The quantitative estimate of drug-likeness (QED) is 0.0741. The van der Waals surface area contributed by atoms with E-state index in [9.17, 15) is 28.3 Å². The molecule has 0 saturated heterocycles. The Kier molecular flexibility index (Phi) is 13.1. The van der Waals surface area contributed by atoms with Crippen LogP contribution in [0.3, 0.4) is 0 Å². The predicted molar refractivity (Wildman–Crippen MR) is 168 cm³/mol. The van der Waals surface area contributed by atoms with Gasteiger partial charge in [-0.1, -0.05) is 67.6 Å². The number of phenols is 1. The van der Waals surface area contributed by atoms with Crippen molar-refractivity contribution in [2.45, 2.75) is 62.0 Å². The molecule has 7 N–H and O–H groups in total. The van der Waals surface area contributed by atoms with Crippen molar-refractivity contribution < 1.29 is 62.6 Å². The molecular formula is C33H40N3NaO7S. The Hall–Kier alpha value is -2.90. The molecule has 5 atom stereocenters. The van der Waals surface area contributed by atoms with Crippen LogP contribution in [-0.2, 0) is 22.3 Å². The molecule has 0 saturated carbocycles. The summed E-state index contributed by atoms with van der Waals surface area (Å²) in [5, 5.41) is 28.8. The number of aliphatic hydroxyl groups excluding tert-OH is 2. The van der Waals surface area contributed by atoms with E-state index in [0.717, 1.165) is 11.1 Å². The van der Waals surface area contributed by atoms with Gasteiger partial charge >= 0.3 is 29.6 Å². The largest absolute Gasteiger partial charge is 1.00 e. The molecule has 0 fully saturated rings. The van der Waals surface area contributed by atoms with Gasteiger partial charge in [0, 0.05) is 18.6 Å². The summed E-state index contributed by atoms with van der Waals surface area (Å²) < 4.78 is 45.0. The molecule has 45 heavy (non-hydrogen) atoms. The number of aromatic hydroxyl groups is 1. The van der Waals surface area contributed by atoms with E-state index in [-0.39, 0.29) is 73.1 Å². The number of allylic oxidation sites excluding steroid dienone is 1. The minimum absolute atomic E-state index is 0. The van der Waals surface area contributed by atoms with Gasteiger partial charge in [0.05, 0.1) is 21.5 Å². The molecule has 3 aromatic carbocycles. The van der Waals surface area contributed by atoms with Crippen molar-refractivity contribution >= 4 is 16.1 Å². The molecule has 4 aliphatic heterocycles. The van der Waals surface area contributed by atoms with Crippen LogP contribution >= 0.6 is 0 Å². The fraction of sp³-hybridized carbons (Fsp3) is 0.364. The summed E-state index contributed by atoms with van der Waals surface area (Å²) in [6, 6.07) is 20.4. The molecule has 0 aromatic heterocycles. The average molecular weight is 646 g/mol. The molecular weight excluding hydrogens is 605 g/mol. The summed E-state index contributed by atoms with van der Waals surface area (Å²) in [5.41, 5.74) is 13.1. The number of hydrogen-bond donors (Lipinski definition) is 5. The van der Waals surface area contributed by atoms with Gasteiger partial charge in [0.2, 0.25) is 5.72 Å². The first-order chi connectivity index (χ1) is 20.9.